The van der Waals surface area contributed by atoms with Gasteiger partial charge in [-0.2, -0.15) is 0 Å². The van der Waals surface area contributed by atoms with Crippen LogP contribution >= 0.6 is 0 Å². The van der Waals surface area contributed by atoms with Crippen LogP contribution in [0.25, 0.3) is 0 Å². The van der Waals surface area contributed by atoms with Crippen LogP contribution in [0.1, 0.15) is 26.7 Å². The number of aliphatic hydroxyl groups is 1. The van der Waals surface area contributed by atoms with Gasteiger partial charge in [-0.25, -0.2) is 4.39 Å². The maximum absolute atomic E-state index is 12.9. The molecule has 2 saturated heterocycles. The minimum Gasteiger partial charge on any atom is -0.394 e. The van der Waals surface area contributed by atoms with Gasteiger partial charge in [-0.05, 0) is 19.4 Å². The zero-order valence-corrected chi connectivity index (χ0v) is 6.59. The number of aliphatic hydroxyl groups excluding tert-OH is 1. The van der Waals surface area contributed by atoms with Crippen LogP contribution in [-0.4, -0.2) is 41.4 Å². The smallest absolute Gasteiger partial charge is 0.115 e. The molecule has 0 aromatic rings. The fourth-order valence-corrected chi connectivity index (χ4v) is 2.47. The Bertz CT molecular complexity index is 165. The molecule has 2 nitrogen and oxygen atoms in total. The number of hydrogen-bond donors (Lipinski definition) is 1. The first-order valence-electron chi connectivity index (χ1n) is 4.27. The van der Waals surface area contributed by atoms with Crippen LogP contribution in [-0.2, 0) is 0 Å². The number of halogens is 1. The van der Waals surface area contributed by atoms with Crippen molar-refractivity contribution in [3.63, 3.8) is 0 Å². The lowest BCUT2D eigenvalue weighted by Gasteiger charge is -2.28. The van der Waals surface area contributed by atoms with Crippen molar-refractivity contribution in [2.75, 3.05) is 19.7 Å². The highest BCUT2D eigenvalue weighted by atomic mass is 19.1. The highest BCUT2D eigenvalue weighted by Gasteiger charge is 2.47. The molecule has 72 valence electrons. The Morgan fingerprint density at radius 2 is 2.33 bits per heavy atom. The Labute approximate surface area is 73.4 Å². The summed E-state index contributed by atoms with van der Waals surface area (Å²) in [6, 6.07) is 0. The van der Waals surface area contributed by atoms with Crippen LogP contribution in [0, 0.1) is 0 Å². The van der Waals surface area contributed by atoms with Gasteiger partial charge in [0.05, 0.1) is 6.61 Å². The van der Waals surface area contributed by atoms with Gasteiger partial charge >= 0.3 is 0 Å². The Morgan fingerprint density at radius 3 is 2.92 bits per heavy atom. The van der Waals surface area contributed by atoms with E-state index in [1.165, 1.54) is 0 Å². The lowest BCUT2D eigenvalue weighted by atomic mass is 9.95. The molecule has 1 N–H and O–H groups in total. The van der Waals surface area contributed by atoms with Gasteiger partial charge in [0, 0.05) is 18.5 Å². The summed E-state index contributed by atoms with van der Waals surface area (Å²) in [5, 5.41) is 9.14. The van der Waals surface area contributed by atoms with E-state index in [1.807, 2.05) is 0 Å². The summed E-state index contributed by atoms with van der Waals surface area (Å²) < 4.78 is 12.9. The molecule has 0 aromatic heterocycles. The van der Waals surface area contributed by atoms with Crippen LogP contribution in [0.3, 0.4) is 0 Å². The molecule has 0 aromatic carbocycles. The molecule has 0 spiro atoms. The van der Waals surface area contributed by atoms with Crippen molar-refractivity contribution in [2.45, 2.75) is 38.4 Å². The predicted molar refractivity (Wildman–Crippen MR) is 46.9 cm³/mol. The molecule has 2 aliphatic rings. The van der Waals surface area contributed by atoms with Crippen molar-refractivity contribution < 1.29 is 9.50 Å². The van der Waals surface area contributed by atoms with Crippen molar-refractivity contribution in [3.05, 3.63) is 0 Å². The van der Waals surface area contributed by atoms with E-state index in [0.29, 0.717) is 13.0 Å². The lowest BCUT2D eigenvalue weighted by molar-refractivity contribution is 0.0996. The number of rotatable bonds is 1. The average molecular weight is 175 g/mol. The number of fused-ring (bicyclic) bond motifs is 1. The molecule has 0 bridgehead atoms. The third-order valence-electron chi connectivity index (χ3n) is 3.06. The monoisotopic (exact) mass is 175 g/mol. The molecule has 12 heavy (non-hydrogen) atoms. The highest BCUT2D eigenvalue weighted by Crippen LogP contribution is 2.39. The first kappa shape index (κ1) is 9.93. The lowest BCUT2D eigenvalue weighted by Crippen LogP contribution is -2.41. The van der Waals surface area contributed by atoms with E-state index >= 15 is 0 Å². The van der Waals surface area contributed by atoms with E-state index in [2.05, 4.69) is 4.90 Å². The summed E-state index contributed by atoms with van der Waals surface area (Å²) in [5.74, 6) is 0. The molecule has 2 aliphatic heterocycles. The first-order valence-corrected chi connectivity index (χ1v) is 4.27. The fraction of sp³-hybridized carbons (Fsp3) is 1.00. The molecule has 0 radical (unpaired) electrons. The van der Waals surface area contributed by atoms with Gasteiger partial charge in [0.2, 0.25) is 0 Å². The molecular formula is C9H18FNO. The largest absolute Gasteiger partial charge is 0.394 e. The molecular weight excluding hydrogens is 157 g/mol. The normalized spacial score (nSPS) is 41.0. The van der Waals surface area contributed by atoms with Crippen LogP contribution in [0.4, 0.5) is 4.39 Å². The Balaban J connectivity index is 0.000000720. The van der Waals surface area contributed by atoms with Crippen molar-refractivity contribution in [2.24, 2.45) is 0 Å². The van der Waals surface area contributed by atoms with Gasteiger partial charge in [0.1, 0.15) is 6.17 Å². The summed E-state index contributed by atoms with van der Waals surface area (Å²) in [5.41, 5.74) is -0.167. The standard InChI is InChI=1S/C8H14FNO.CH4/c9-7-4-8(6-11)2-1-3-10(8)5-7;/h7,11H,1-6H2;1H4/t7-,8+;/m1./s1. The second-order valence-electron chi connectivity index (χ2n) is 3.73. The predicted octanol–water partition coefficient (Wildman–Crippen LogP) is 1.19. The maximum atomic E-state index is 12.9. The topological polar surface area (TPSA) is 23.5 Å². The zero-order chi connectivity index (χ0) is 7.90. The number of hydrogen-bond acceptors (Lipinski definition) is 2. The second kappa shape index (κ2) is 3.30. The molecule has 2 heterocycles. The van der Waals surface area contributed by atoms with Gasteiger partial charge in [0.25, 0.3) is 0 Å². The highest BCUT2D eigenvalue weighted by molar-refractivity contribution is 5.03. The minimum atomic E-state index is -0.706. The van der Waals surface area contributed by atoms with Crippen molar-refractivity contribution in [3.8, 4) is 0 Å². The van der Waals surface area contributed by atoms with Crippen LogP contribution in [0.2, 0.25) is 0 Å². The number of nitrogens with zero attached hydrogens (tertiary/aromatic N) is 1. The quantitative estimate of drug-likeness (QED) is 0.647. The van der Waals surface area contributed by atoms with E-state index in [9.17, 15) is 4.39 Å². The van der Waals surface area contributed by atoms with E-state index in [4.69, 9.17) is 5.11 Å². The third kappa shape index (κ3) is 1.25. The fourth-order valence-electron chi connectivity index (χ4n) is 2.47. The Hall–Kier alpha value is -0.150. The summed E-state index contributed by atoms with van der Waals surface area (Å²) in [4.78, 5) is 2.11. The molecule has 0 unspecified atom stereocenters. The first-order chi connectivity index (χ1) is 5.27. The zero-order valence-electron chi connectivity index (χ0n) is 6.59. The van der Waals surface area contributed by atoms with E-state index in [0.717, 1.165) is 19.4 Å². The van der Waals surface area contributed by atoms with Crippen LogP contribution < -0.4 is 0 Å². The molecule has 2 rings (SSSR count). The summed E-state index contributed by atoms with van der Waals surface area (Å²) >= 11 is 0. The average Bonchev–Trinajstić information content (AvgIpc) is 2.43. The van der Waals surface area contributed by atoms with Crippen molar-refractivity contribution in [1.82, 2.24) is 4.90 Å². The Morgan fingerprint density at radius 1 is 1.58 bits per heavy atom. The molecule has 0 aliphatic carbocycles. The van der Waals surface area contributed by atoms with Crippen LogP contribution in [0.5, 0.6) is 0 Å². The SMILES string of the molecule is C.OC[C@@]12CCCN1C[C@H](F)C2. The molecule has 3 heteroatoms. The van der Waals surface area contributed by atoms with Gasteiger partial charge in [-0.15, -0.1) is 0 Å². The molecule has 0 saturated carbocycles. The van der Waals surface area contributed by atoms with Crippen molar-refractivity contribution >= 4 is 0 Å². The van der Waals surface area contributed by atoms with Gasteiger partial charge in [-0.3, -0.25) is 4.90 Å². The summed E-state index contributed by atoms with van der Waals surface area (Å²) in [6.07, 6.45) is 1.93. The second-order valence-corrected chi connectivity index (χ2v) is 3.73. The van der Waals surface area contributed by atoms with Gasteiger partial charge in [-0.1, -0.05) is 7.43 Å². The molecule has 0 amide bonds. The summed E-state index contributed by atoms with van der Waals surface area (Å²) in [7, 11) is 0. The molecule has 2 fully saturated rings. The van der Waals surface area contributed by atoms with E-state index in [-0.39, 0.29) is 19.6 Å². The van der Waals surface area contributed by atoms with Crippen LogP contribution in [0.15, 0.2) is 0 Å². The van der Waals surface area contributed by atoms with Crippen molar-refractivity contribution in [1.29, 1.82) is 0 Å². The van der Waals surface area contributed by atoms with E-state index < -0.39 is 6.17 Å². The Kier molecular flexibility index (Phi) is 2.74. The molecule has 2 atom stereocenters. The summed E-state index contributed by atoms with van der Waals surface area (Å²) in [6.45, 7) is 1.65. The number of alkyl halides is 1. The van der Waals surface area contributed by atoms with Gasteiger partial charge < -0.3 is 5.11 Å². The third-order valence-corrected chi connectivity index (χ3v) is 3.06. The maximum Gasteiger partial charge on any atom is 0.115 e. The van der Waals surface area contributed by atoms with E-state index in [1.54, 1.807) is 0 Å². The van der Waals surface area contributed by atoms with Gasteiger partial charge in [0.15, 0.2) is 0 Å². The minimum absolute atomic E-state index is 0.